The summed E-state index contributed by atoms with van der Waals surface area (Å²) in [6, 6.07) is 12.2. The first kappa shape index (κ1) is 39.6. The number of benzene rings is 2. The molecule has 4 aliphatic heterocycles. The number of nitrogens with one attached hydrogen (secondary N) is 1. The van der Waals surface area contributed by atoms with E-state index in [4.69, 9.17) is 25.8 Å². The van der Waals surface area contributed by atoms with Crippen molar-refractivity contribution in [3.63, 3.8) is 0 Å². The largest absolute Gasteiger partial charge is 0.491 e. The molecule has 7 rings (SSSR count). The molecule has 6 atom stereocenters. The van der Waals surface area contributed by atoms with E-state index >= 15 is 0 Å². The van der Waals surface area contributed by atoms with Gasteiger partial charge in [-0.3, -0.25) is 9.69 Å². The van der Waals surface area contributed by atoms with E-state index in [9.17, 15) is 13.2 Å². The number of amides is 1. The monoisotopic (exact) mass is 782 g/mol. The van der Waals surface area contributed by atoms with Crippen molar-refractivity contribution < 1.29 is 27.4 Å². The van der Waals surface area contributed by atoms with E-state index in [-0.39, 0.29) is 11.8 Å². The van der Waals surface area contributed by atoms with Crippen molar-refractivity contribution in [2.45, 2.75) is 69.6 Å². The Labute approximate surface area is 327 Å². The molecule has 1 N–H and O–H groups in total. The number of rotatable bonds is 9. The molecule has 5 aliphatic rings. The van der Waals surface area contributed by atoms with E-state index in [1.165, 1.54) is 17.5 Å². The molecule has 2 aromatic rings. The van der Waals surface area contributed by atoms with E-state index in [0.29, 0.717) is 55.4 Å². The van der Waals surface area contributed by atoms with E-state index in [0.717, 1.165) is 94.7 Å². The van der Waals surface area contributed by atoms with Crippen LogP contribution in [0.5, 0.6) is 5.75 Å². The molecule has 10 nitrogen and oxygen atoms in total. The molecule has 0 aromatic heterocycles. The van der Waals surface area contributed by atoms with Crippen molar-refractivity contribution in [1.82, 2.24) is 14.5 Å². The minimum atomic E-state index is -4.02. The number of methoxy groups -OCH3 is 1. The van der Waals surface area contributed by atoms with E-state index < -0.39 is 21.2 Å². The van der Waals surface area contributed by atoms with E-state index in [2.05, 4.69) is 50.6 Å². The third kappa shape index (κ3) is 8.97. The highest BCUT2D eigenvalue weighted by molar-refractivity contribution is 7.90. The minimum Gasteiger partial charge on any atom is -0.491 e. The number of carbonyl (C=O) groups excluding carboxylic acids is 1. The number of halogens is 1. The molecule has 296 valence electrons. The molecule has 4 heterocycles. The number of sulfonamides is 1. The number of allylic oxidation sites excluding steroid dienone is 1. The van der Waals surface area contributed by atoms with Gasteiger partial charge in [0.2, 0.25) is 10.0 Å². The van der Waals surface area contributed by atoms with Crippen LogP contribution in [0.15, 0.2) is 48.6 Å². The highest BCUT2D eigenvalue weighted by Crippen LogP contribution is 2.45. The Kier molecular flexibility index (Phi) is 12.9. The normalized spacial score (nSPS) is 30.2. The molecule has 2 aromatic carbocycles. The van der Waals surface area contributed by atoms with Gasteiger partial charge in [-0.05, 0) is 97.2 Å². The molecular weight excluding hydrogens is 724 g/mol. The molecule has 1 amide bonds. The fraction of sp³-hybridized carbons (Fsp3) is 0.643. The Hall–Kier alpha value is -2.67. The molecule has 3 fully saturated rings. The SMILES string of the molecule is CCCc1cc(Cl)ccc1C1COc2ccc3cc2N(C1)CC1CCC1C(CN1CCN(C2COC2)CC1)/C=C/CC(C)C(CCOC)S(=O)(=O)NC3=O. The number of anilines is 1. The average Bonchev–Trinajstić information content (AvgIpc) is 3.29. The summed E-state index contributed by atoms with van der Waals surface area (Å²) in [5.41, 5.74) is 3.65. The minimum absolute atomic E-state index is 0.0917. The Balaban J connectivity index is 1.22. The van der Waals surface area contributed by atoms with Gasteiger partial charge in [-0.1, -0.05) is 50.1 Å². The molecule has 1 aliphatic carbocycles. The van der Waals surface area contributed by atoms with E-state index in [1.807, 2.05) is 25.1 Å². The topological polar surface area (TPSA) is 101 Å². The molecule has 54 heavy (non-hydrogen) atoms. The van der Waals surface area contributed by atoms with Crippen molar-refractivity contribution >= 4 is 33.2 Å². The first-order valence-electron chi connectivity index (χ1n) is 20.2. The summed E-state index contributed by atoms with van der Waals surface area (Å²) < 4.78 is 47.7. The second-order valence-corrected chi connectivity index (χ2v) is 18.7. The van der Waals surface area contributed by atoms with Crippen molar-refractivity contribution in [3.05, 3.63) is 70.3 Å². The van der Waals surface area contributed by atoms with Crippen molar-refractivity contribution in [2.24, 2.45) is 23.7 Å². The van der Waals surface area contributed by atoms with Gasteiger partial charge in [-0.15, -0.1) is 0 Å². The van der Waals surface area contributed by atoms with Gasteiger partial charge < -0.3 is 24.0 Å². The van der Waals surface area contributed by atoms with Crippen molar-refractivity contribution in [2.75, 3.05) is 84.3 Å². The lowest BCUT2D eigenvalue weighted by Gasteiger charge is -2.47. The van der Waals surface area contributed by atoms with Crippen LogP contribution in [0.2, 0.25) is 5.02 Å². The van der Waals surface area contributed by atoms with Gasteiger partial charge in [0.15, 0.2) is 0 Å². The Morgan fingerprint density at radius 2 is 1.83 bits per heavy atom. The van der Waals surface area contributed by atoms with Gasteiger partial charge in [0.05, 0.1) is 36.8 Å². The van der Waals surface area contributed by atoms with Crippen LogP contribution in [0.3, 0.4) is 0 Å². The summed E-state index contributed by atoms with van der Waals surface area (Å²) in [5.74, 6) is 1.31. The molecule has 0 radical (unpaired) electrons. The molecule has 6 unspecified atom stereocenters. The first-order chi connectivity index (χ1) is 26.1. The summed E-state index contributed by atoms with van der Waals surface area (Å²) in [6.07, 6.45) is 9.80. The third-order valence-electron chi connectivity index (χ3n) is 12.8. The Morgan fingerprint density at radius 3 is 2.54 bits per heavy atom. The van der Waals surface area contributed by atoms with Crippen LogP contribution in [0.25, 0.3) is 0 Å². The Morgan fingerprint density at radius 1 is 1.02 bits per heavy atom. The van der Waals surface area contributed by atoms with Crippen molar-refractivity contribution in [1.29, 1.82) is 0 Å². The van der Waals surface area contributed by atoms with Gasteiger partial charge >= 0.3 is 0 Å². The number of ether oxygens (including phenoxy) is 3. The lowest BCUT2D eigenvalue weighted by Crippen LogP contribution is -2.57. The van der Waals surface area contributed by atoms with Crippen LogP contribution >= 0.6 is 11.6 Å². The maximum Gasteiger partial charge on any atom is 0.264 e. The number of fused-ring (bicyclic) bond motifs is 2. The summed E-state index contributed by atoms with van der Waals surface area (Å²) in [7, 11) is -2.44. The van der Waals surface area contributed by atoms with Gasteiger partial charge in [0.25, 0.3) is 5.91 Å². The predicted octanol–water partition coefficient (Wildman–Crippen LogP) is 5.99. The quantitative estimate of drug-likeness (QED) is 0.308. The smallest absolute Gasteiger partial charge is 0.264 e. The van der Waals surface area contributed by atoms with Crippen LogP contribution in [0, 0.1) is 23.7 Å². The fourth-order valence-corrected chi connectivity index (χ4v) is 11.2. The highest BCUT2D eigenvalue weighted by atomic mass is 35.5. The Bertz CT molecular complexity index is 1750. The average molecular weight is 783 g/mol. The van der Waals surface area contributed by atoms with Gasteiger partial charge in [0.1, 0.15) is 5.75 Å². The van der Waals surface area contributed by atoms with Crippen LogP contribution in [-0.4, -0.2) is 115 Å². The second kappa shape index (κ2) is 17.6. The molecule has 2 bridgehead atoms. The zero-order valence-electron chi connectivity index (χ0n) is 32.3. The highest BCUT2D eigenvalue weighted by Gasteiger charge is 2.40. The zero-order chi connectivity index (χ0) is 37.8. The summed E-state index contributed by atoms with van der Waals surface area (Å²) >= 11 is 6.50. The first-order valence-corrected chi connectivity index (χ1v) is 22.1. The summed E-state index contributed by atoms with van der Waals surface area (Å²) in [4.78, 5) is 21.4. The standard InChI is InChI=1S/C42H59ClN4O6S/c1-4-6-30-21-35(43)11-13-37(30)34-25-47-24-33-9-12-38(33)32(23-45-16-18-46(19-17-45)36-27-52-28-36)8-5-7-29(2)41(15-20-51-3)54(49,50)44-42(48)31-10-14-40(53-26-34)39(47)22-31/h5,8,10-11,13-14,21-22,29,32-34,36,38,41H,4,6-7,9,12,15-20,23-28H2,1-3H3,(H,44,48)/b8-5+. The fourth-order valence-electron chi connectivity index (χ4n) is 9.37. The molecule has 0 spiro atoms. The number of hydrogen-bond donors (Lipinski definition) is 1. The molecule has 1 saturated carbocycles. The van der Waals surface area contributed by atoms with Crippen LogP contribution in [-0.2, 0) is 25.9 Å². The van der Waals surface area contributed by atoms with Crippen LogP contribution in [0.4, 0.5) is 5.69 Å². The van der Waals surface area contributed by atoms with Gasteiger partial charge in [-0.2, -0.15) is 0 Å². The number of nitrogens with zero attached hydrogens (tertiary/aromatic N) is 3. The maximum atomic E-state index is 13.9. The predicted molar refractivity (Wildman–Crippen MR) is 214 cm³/mol. The lowest BCUT2D eigenvalue weighted by molar-refractivity contribution is -0.0782. The van der Waals surface area contributed by atoms with Crippen LogP contribution in [0.1, 0.15) is 73.4 Å². The molecular formula is C42H59ClN4O6S. The van der Waals surface area contributed by atoms with Gasteiger partial charge in [0, 0.05) is 76.0 Å². The lowest BCUT2D eigenvalue weighted by atomic mass is 9.66. The van der Waals surface area contributed by atoms with Crippen molar-refractivity contribution in [3.8, 4) is 5.75 Å². The molecule has 12 heteroatoms. The van der Waals surface area contributed by atoms with Gasteiger partial charge in [-0.25, -0.2) is 13.1 Å². The van der Waals surface area contributed by atoms with E-state index in [1.54, 1.807) is 13.2 Å². The number of aryl methyl sites for hydroxylation is 1. The number of carbonyl (C=O) groups is 1. The molecule has 2 saturated heterocycles. The summed E-state index contributed by atoms with van der Waals surface area (Å²) in [6.45, 7) is 13.5. The number of piperazine rings is 1. The third-order valence-corrected chi connectivity index (χ3v) is 15.0. The maximum absolute atomic E-state index is 13.9. The van der Waals surface area contributed by atoms with Crippen LogP contribution < -0.4 is 14.4 Å². The summed E-state index contributed by atoms with van der Waals surface area (Å²) in [5, 5.41) is -0.0418. The number of hydrogen-bond acceptors (Lipinski definition) is 9. The second-order valence-electron chi connectivity index (χ2n) is 16.3. The zero-order valence-corrected chi connectivity index (χ0v) is 33.8.